The highest BCUT2D eigenvalue weighted by Gasteiger charge is 2.38. The van der Waals surface area contributed by atoms with Crippen molar-refractivity contribution in [1.29, 1.82) is 0 Å². The van der Waals surface area contributed by atoms with Gasteiger partial charge in [0.1, 0.15) is 0 Å². The first-order chi connectivity index (χ1) is 11.8. The summed E-state index contributed by atoms with van der Waals surface area (Å²) in [7, 11) is 0. The van der Waals surface area contributed by atoms with Crippen LogP contribution in [0.2, 0.25) is 0 Å². The number of ether oxygens (including phenoxy) is 1. The summed E-state index contributed by atoms with van der Waals surface area (Å²) in [5, 5.41) is 7.88. The zero-order valence-corrected chi connectivity index (χ0v) is 14.7. The van der Waals surface area contributed by atoms with Crippen LogP contribution >= 0.6 is 11.5 Å². The van der Waals surface area contributed by atoms with Crippen molar-refractivity contribution in [3.8, 4) is 0 Å². The molecule has 24 heavy (non-hydrogen) atoms. The van der Waals surface area contributed by atoms with Gasteiger partial charge in [-0.1, -0.05) is 9.64 Å². The molecule has 2 fully saturated rings. The van der Waals surface area contributed by atoms with Crippen LogP contribution in [0, 0.1) is 12.8 Å². The van der Waals surface area contributed by atoms with Gasteiger partial charge in [0.25, 0.3) is 0 Å². The lowest BCUT2D eigenvalue weighted by Gasteiger charge is -2.40. The fourth-order valence-corrected chi connectivity index (χ4v) is 4.45. The third-order valence-corrected chi connectivity index (χ3v) is 5.76. The van der Waals surface area contributed by atoms with Crippen molar-refractivity contribution in [3.05, 3.63) is 22.8 Å². The van der Waals surface area contributed by atoms with Gasteiger partial charge < -0.3 is 9.26 Å². The molecule has 0 unspecified atom stereocenters. The highest BCUT2D eigenvalue weighted by molar-refractivity contribution is 7.05. The molecule has 0 N–H and O–H groups in total. The number of aromatic nitrogens is 4. The van der Waals surface area contributed by atoms with E-state index in [0.717, 1.165) is 57.8 Å². The molecule has 4 rings (SSSR count). The van der Waals surface area contributed by atoms with Crippen LogP contribution < -0.4 is 0 Å². The van der Waals surface area contributed by atoms with Gasteiger partial charge in [0.15, 0.2) is 5.82 Å². The van der Waals surface area contributed by atoms with Gasteiger partial charge in [0.05, 0.1) is 23.1 Å². The summed E-state index contributed by atoms with van der Waals surface area (Å²) < 4.78 is 15.6. The maximum atomic E-state index is 6.17. The maximum absolute atomic E-state index is 6.17. The smallest absolute Gasteiger partial charge is 0.232 e. The SMILES string of the molecule is Cc1noc([C@@H]2CCCO[C@H]2C2CCN(Cc3cnns3)CC2)n1. The van der Waals surface area contributed by atoms with Gasteiger partial charge in [-0.05, 0) is 63.1 Å². The standard InChI is InChI=1S/C16H23N5O2S/c1-11-18-16(23-19-11)14-3-2-8-22-15(14)12-4-6-21(7-5-12)10-13-9-17-20-24-13/h9,12,14-15H,2-8,10H2,1H3/t14-,15+/m1/s1. The van der Waals surface area contributed by atoms with Crippen LogP contribution in [0.15, 0.2) is 10.7 Å². The van der Waals surface area contributed by atoms with Crippen LogP contribution in [0.3, 0.4) is 0 Å². The molecule has 2 saturated heterocycles. The summed E-state index contributed by atoms with van der Waals surface area (Å²) in [5.74, 6) is 2.29. The highest BCUT2D eigenvalue weighted by atomic mass is 32.1. The predicted molar refractivity (Wildman–Crippen MR) is 88.7 cm³/mol. The summed E-state index contributed by atoms with van der Waals surface area (Å²) in [6.07, 6.45) is 6.54. The second kappa shape index (κ2) is 7.25. The van der Waals surface area contributed by atoms with E-state index in [1.54, 1.807) is 0 Å². The molecular weight excluding hydrogens is 326 g/mol. The van der Waals surface area contributed by atoms with E-state index >= 15 is 0 Å². The average molecular weight is 349 g/mol. The van der Waals surface area contributed by atoms with Crippen molar-refractivity contribution in [2.45, 2.75) is 51.2 Å². The molecule has 2 aliphatic rings. The number of piperidine rings is 1. The molecule has 2 aromatic rings. The Kier molecular flexibility index (Phi) is 4.86. The van der Waals surface area contributed by atoms with Crippen molar-refractivity contribution in [2.24, 2.45) is 5.92 Å². The summed E-state index contributed by atoms with van der Waals surface area (Å²) in [4.78, 5) is 8.19. The van der Waals surface area contributed by atoms with Crippen LogP contribution in [-0.4, -0.2) is 50.4 Å². The van der Waals surface area contributed by atoms with Crippen LogP contribution in [-0.2, 0) is 11.3 Å². The second-order valence-corrected chi connectivity index (χ2v) is 7.63. The van der Waals surface area contributed by atoms with Gasteiger partial charge >= 0.3 is 0 Å². The van der Waals surface area contributed by atoms with Crippen LogP contribution in [0.25, 0.3) is 0 Å². The third kappa shape index (κ3) is 3.50. The zero-order valence-electron chi connectivity index (χ0n) is 13.9. The van der Waals surface area contributed by atoms with Gasteiger partial charge in [0, 0.05) is 13.2 Å². The van der Waals surface area contributed by atoms with E-state index in [-0.39, 0.29) is 12.0 Å². The molecule has 0 radical (unpaired) electrons. The second-order valence-electron chi connectivity index (χ2n) is 6.76. The first-order valence-corrected chi connectivity index (χ1v) is 9.47. The molecule has 2 aromatic heterocycles. The van der Waals surface area contributed by atoms with Gasteiger partial charge in [-0.25, -0.2) is 0 Å². The van der Waals surface area contributed by atoms with Crippen molar-refractivity contribution < 1.29 is 9.26 Å². The zero-order chi connectivity index (χ0) is 16.4. The first-order valence-electron chi connectivity index (χ1n) is 8.70. The monoisotopic (exact) mass is 349 g/mol. The van der Waals surface area contributed by atoms with Crippen molar-refractivity contribution >= 4 is 11.5 Å². The summed E-state index contributed by atoms with van der Waals surface area (Å²) in [5.41, 5.74) is 0. The molecular formula is C16H23N5O2S. The number of nitrogens with zero attached hydrogens (tertiary/aromatic N) is 5. The van der Waals surface area contributed by atoms with Crippen LogP contribution in [0.4, 0.5) is 0 Å². The Labute approximate surface area is 145 Å². The molecule has 0 amide bonds. The lowest BCUT2D eigenvalue weighted by atomic mass is 9.80. The molecule has 0 saturated carbocycles. The van der Waals surface area contributed by atoms with Crippen LogP contribution in [0.1, 0.15) is 48.2 Å². The summed E-state index contributed by atoms with van der Waals surface area (Å²) in [6.45, 7) is 5.87. The topological polar surface area (TPSA) is 77.2 Å². The normalized spacial score (nSPS) is 26.7. The summed E-state index contributed by atoms with van der Waals surface area (Å²) in [6, 6.07) is 0. The number of rotatable bonds is 4. The van der Waals surface area contributed by atoms with Crippen molar-refractivity contribution in [3.63, 3.8) is 0 Å². The molecule has 2 atom stereocenters. The summed E-state index contributed by atoms with van der Waals surface area (Å²) >= 11 is 1.49. The number of aryl methyl sites for hydroxylation is 1. The lowest BCUT2D eigenvalue weighted by Crippen LogP contribution is -2.42. The predicted octanol–water partition coefficient (Wildman–Crippen LogP) is 2.40. The largest absolute Gasteiger partial charge is 0.377 e. The Morgan fingerprint density at radius 3 is 2.88 bits per heavy atom. The number of hydrogen-bond donors (Lipinski definition) is 0. The number of likely N-dealkylation sites (tertiary alicyclic amines) is 1. The number of hydrogen-bond acceptors (Lipinski definition) is 8. The van der Waals surface area contributed by atoms with E-state index in [1.807, 2.05) is 13.1 Å². The Bertz CT molecular complexity index is 639. The molecule has 0 aliphatic carbocycles. The Morgan fingerprint density at radius 2 is 2.17 bits per heavy atom. The fraction of sp³-hybridized carbons (Fsp3) is 0.750. The fourth-order valence-electron chi connectivity index (χ4n) is 3.91. The maximum Gasteiger partial charge on any atom is 0.232 e. The quantitative estimate of drug-likeness (QED) is 0.839. The highest BCUT2D eigenvalue weighted by Crippen LogP contribution is 2.38. The van der Waals surface area contributed by atoms with E-state index in [0.29, 0.717) is 11.7 Å². The average Bonchev–Trinajstić information content (AvgIpc) is 3.27. The van der Waals surface area contributed by atoms with E-state index in [1.165, 1.54) is 16.4 Å². The molecule has 2 aliphatic heterocycles. The van der Waals surface area contributed by atoms with Crippen molar-refractivity contribution in [1.82, 2.24) is 24.6 Å². The molecule has 8 heteroatoms. The van der Waals surface area contributed by atoms with E-state index in [4.69, 9.17) is 9.26 Å². The molecule has 130 valence electrons. The minimum absolute atomic E-state index is 0.214. The first kappa shape index (κ1) is 16.1. The van der Waals surface area contributed by atoms with Crippen molar-refractivity contribution in [2.75, 3.05) is 19.7 Å². The van der Waals surface area contributed by atoms with E-state index < -0.39 is 0 Å². The molecule has 0 bridgehead atoms. The minimum Gasteiger partial charge on any atom is -0.377 e. The minimum atomic E-state index is 0.214. The molecule has 7 nitrogen and oxygen atoms in total. The Morgan fingerprint density at radius 1 is 1.29 bits per heavy atom. The molecule has 4 heterocycles. The van der Waals surface area contributed by atoms with Gasteiger partial charge in [0.2, 0.25) is 5.89 Å². The lowest BCUT2D eigenvalue weighted by molar-refractivity contribution is -0.0584. The van der Waals surface area contributed by atoms with E-state index in [9.17, 15) is 0 Å². The van der Waals surface area contributed by atoms with Gasteiger partial charge in [-0.3, -0.25) is 4.90 Å². The van der Waals surface area contributed by atoms with Crippen LogP contribution in [0.5, 0.6) is 0 Å². The third-order valence-electron chi connectivity index (χ3n) is 5.11. The molecule has 0 aromatic carbocycles. The Balaban J connectivity index is 1.38. The Hall–Kier alpha value is -1.38. The molecule has 0 spiro atoms. The van der Waals surface area contributed by atoms with E-state index in [2.05, 4.69) is 24.6 Å². The van der Waals surface area contributed by atoms with Gasteiger partial charge in [-0.15, -0.1) is 5.10 Å². The van der Waals surface area contributed by atoms with Gasteiger partial charge in [-0.2, -0.15) is 4.98 Å².